The van der Waals surface area contributed by atoms with Crippen molar-refractivity contribution in [3.05, 3.63) is 15.5 Å². The van der Waals surface area contributed by atoms with E-state index in [1.54, 1.807) is 6.07 Å². The Morgan fingerprint density at radius 2 is 2.40 bits per heavy atom. The molecule has 6 heteroatoms. The molecule has 0 radical (unpaired) electrons. The Kier molecular flexibility index (Phi) is 5.30. The van der Waals surface area contributed by atoms with Crippen LogP contribution >= 0.6 is 22.6 Å². The van der Waals surface area contributed by atoms with Gasteiger partial charge in [-0.25, -0.2) is 0 Å². The lowest BCUT2D eigenvalue weighted by Gasteiger charge is -2.00. The molecule has 1 N–H and O–H groups in total. The van der Waals surface area contributed by atoms with Crippen LogP contribution in [-0.4, -0.2) is 23.9 Å². The van der Waals surface area contributed by atoms with Crippen LogP contribution in [0.15, 0.2) is 10.6 Å². The predicted octanol–water partition coefficient (Wildman–Crippen LogP) is 1.38. The van der Waals surface area contributed by atoms with Crippen molar-refractivity contribution >= 4 is 34.8 Å². The van der Waals surface area contributed by atoms with Gasteiger partial charge in [0.2, 0.25) is 0 Å². The minimum Gasteiger partial charge on any atom is -0.351 e. The lowest BCUT2D eigenvalue weighted by atomic mass is 10.2. The molecule has 5 nitrogen and oxygen atoms in total. The monoisotopic (exact) mass is 322 g/mol. The topological polar surface area (TPSA) is 72.2 Å². The smallest absolute Gasteiger partial charge is 0.273 e. The summed E-state index contributed by atoms with van der Waals surface area (Å²) in [6.07, 6.45) is 3.00. The number of nitrogens with one attached hydrogen (secondary N) is 1. The van der Waals surface area contributed by atoms with E-state index in [0.29, 0.717) is 16.7 Å². The van der Waals surface area contributed by atoms with Crippen molar-refractivity contribution in [1.29, 1.82) is 0 Å². The molecular formula is C9H11IN2O3. The molecule has 1 aromatic rings. The van der Waals surface area contributed by atoms with Gasteiger partial charge in [-0.3, -0.25) is 4.79 Å². The first-order chi connectivity index (χ1) is 7.24. The van der Waals surface area contributed by atoms with Crippen molar-refractivity contribution in [1.82, 2.24) is 10.5 Å². The maximum atomic E-state index is 11.4. The third-order valence-corrected chi connectivity index (χ3v) is 2.26. The number of aromatic nitrogens is 1. The van der Waals surface area contributed by atoms with Crippen LogP contribution in [-0.2, 0) is 4.79 Å². The second kappa shape index (κ2) is 6.54. The summed E-state index contributed by atoms with van der Waals surface area (Å²) in [5.41, 5.74) is 0.287. The van der Waals surface area contributed by atoms with Gasteiger partial charge in [0.1, 0.15) is 6.29 Å². The molecule has 0 spiro atoms. The number of hydrogen-bond acceptors (Lipinski definition) is 4. The van der Waals surface area contributed by atoms with Crippen LogP contribution in [0.3, 0.4) is 0 Å². The molecule has 1 heterocycles. The third kappa shape index (κ3) is 4.41. The normalized spacial score (nSPS) is 9.93. The number of hydrogen-bond donors (Lipinski definition) is 1. The van der Waals surface area contributed by atoms with E-state index in [1.165, 1.54) is 0 Å². The molecule has 0 unspecified atom stereocenters. The highest BCUT2D eigenvalue weighted by atomic mass is 127. The number of nitrogens with zero attached hydrogens (tertiary/aromatic N) is 1. The maximum absolute atomic E-state index is 11.4. The molecule has 0 aliphatic carbocycles. The number of amides is 1. The molecule has 1 rings (SSSR count). The summed E-state index contributed by atoms with van der Waals surface area (Å²) >= 11 is 1.94. The maximum Gasteiger partial charge on any atom is 0.273 e. The van der Waals surface area contributed by atoms with E-state index in [1.807, 2.05) is 22.6 Å². The Balaban J connectivity index is 2.22. The largest absolute Gasteiger partial charge is 0.351 e. The van der Waals surface area contributed by atoms with Gasteiger partial charge in [-0.05, 0) is 12.8 Å². The van der Waals surface area contributed by atoms with Crippen LogP contribution in [0.4, 0.5) is 0 Å². The SMILES string of the molecule is O=CCCCCNC(=O)c1cc(I)on1. The fourth-order valence-corrected chi connectivity index (χ4v) is 1.40. The van der Waals surface area contributed by atoms with Gasteiger partial charge < -0.3 is 14.6 Å². The number of carbonyl (C=O) groups is 2. The van der Waals surface area contributed by atoms with Crippen LogP contribution in [0.25, 0.3) is 0 Å². The lowest BCUT2D eigenvalue weighted by molar-refractivity contribution is -0.107. The average molecular weight is 322 g/mol. The Hall–Kier alpha value is -0.920. The Labute approximate surface area is 101 Å². The molecule has 0 aromatic carbocycles. The van der Waals surface area contributed by atoms with E-state index in [2.05, 4.69) is 10.5 Å². The molecule has 0 bridgehead atoms. The van der Waals surface area contributed by atoms with Gasteiger partial charge >= 0.3 is 0 Å². The second-order valence-electron chi connectivity index (χ2n) is 2.93. The number of unbranched alkanes of at least 4 members (excludes halogenated alkanes) is 2. The zero-order valence-corrected chi connectivity index (χ0v) is 10.2. The molecule has 1 amide bonds. The van der Waals surface area contributed by atoms with Crippen LogP contribution in [0.1, 0.15) is 29.8 Å². The van der Waals surface area contributed by atoms with Crippen LogP contribution in [0, 0.1) is 3.77 Å². The summed E-state index contributed by atoms with van der Waals surface area (Å²) in [6, 6.07) is 1.57. The third-order valence-electron chi connectivity index (χ3n) is 1.75. The quantitative estimate of drug-likeness (QED) is 0.488. The number of halogens is 1. The van der Waals surface area contributed by atoms with Gasteiger partial charge in [0.25, 0.3) is 5.91 Å². The van der Waals surface area contributed by atoms with Gasteiger partial charge in [0.05, 0.1) is 0 Å². The molecular weight excluding hydrogens is 311 g/mol. The van der Waals surface area contributed by atoms with Crippen molar-refractivity contribution in [3.8, 4) is 0 Å². The number of carbonyl (C=O) groups excluding carboxylic acids is 2. The molecule has 0 saturated carbocycles. The highest BCUT2D eigenvalue weighted by Crippen LogP contribution is 2.05. The predicted molar refractivity (Wildman–Crippen MR) is 61.5 cm³/mol. The van der Waals surface area contributed by atoms with E-state index >= 15 is 0 Å². The first kappa shape index (κ1) is 12.2. The van der Waals surface area contributed by atoms with Gasteiger partial charge in [-0.15, -0.1) is 0 Å². The average Bonchev–Trinajstić information content (AvgIpc) is 2.64. The number of rotatable bonds is 6. The van der Waals surface area contributed by atoms with Gasteiger partial charge in [-0.2, -0.15) is 0 Å². The van der Waals surface area contributed by atoms with Crippen molar-refractivity contribution in [2.75, 3.05) is 6.54 Å². The highest BCUT2D eigenvalue weighted by molar-refractivity contribution is 14.1. The van der Waals surface area contributed by atoms with Gasteiger partial charge in [0, 0.05) is 41.6 Å². The molecule has 0 saturated heterocycles. The summed E-state index contributed by atoms with van der Waals surface area (Å²) in [4.78, 5) is 21.4. The van der Waals surface area contributed by atoms with E-state index in [-0.39, 0.29) is 11.6 Å². The van der Waals surface area contributed by atoms with E-state index in [9.17, 15) is 9.59 Å². The fraction of sp³-hybridized carbons (Fsp3) is 0.444. The van der Waals surface area contributed by atoms with Crippen molar-refractivity contribution in [2.24, 2.45) is 0 Å². The zero-order chi connectivity index (χ0) is 11.1. The van der Waals surface area contributed by atoms with Crippen LogP contribution in [0.2, 0.25) is 0 Å². The second-order valence-corrected chi connectivity index (χ2v) is 4.00. The summed E-state index contributed by atoms with van der Waals surface area (Å²) in [6.45, 7) is 0.552. The molecule has 82 valence electrons. The zero-order valence-electron chi connectivity index (χ0n) is 8.03. The summed E-state index contributed by atoms with van der Waals surface area (Å²) < 4.78 is 5.34. The standard InChI is InChI=1S/C9H11IN2O3/c10-8-6-7(12-15-8)9(14)11-4-2-1-3-5-13/h5-6H,1-4H2,(H,11,14). The highest BCUT2D eigenvalue weighted by Gasteiger charge is 2.09. The number of aldehydes is 1. The molecule has 0 atom stereocenters. The first-order valence-corrected chi connectivity index (χ1v) is 5.66. The summed E-state index contributed by atoms with van der Waals surface area (Å²) in [7, 11) is 0. The van der Waals surface area contributed by atoms with Crippen molar-refractivity contribution in [2.45, 2.75) is 19.3 Å². The van der Waals surface area contributed by atoms with E-state index < -0.39 is 0 Å². The first-order valence-electron chi connectivity index (χ1n) is 4.58. The Morgan fingerprint density at radius 1 is 1.60 bits per heavy atom. The Bertz CT molecular complexity index is 338. The fourth-order valence-electron chi connectivity index (χ4n) is 1.01. The van der Waals surface area contributed by atoms with E-state index in [0.717, 1.165) is 19.1 Å². The minimum absolute atomic E-state index is 0.243. The van der Waals surface area contributed by atoms with E-state index in [4.69, 9.17) is 4.52 Å². The van der Waals surface area contributed by atoms with Crippen molar-refractivity contribution < 1.29 is 14.1 Å². The summed E-state index contributed by atoms with van der Waals surface area (Å²) in [5.74, 6) is -0.243. The van der Waals surface area contributed by atoms with Crippen LogP contribution in [0.5, 0.6) is 0 Å². The molecule has 0 aliphatic heterocycles. The summed E-state index contributed by atoms with van der Waals surface area (Å²) in [5, 5.41) is 6.27. The molecule has 15 heavy (non-hydrogen) atoms. The van der Waals surface area contributed by atoms with Crippen LogP contribution < -0.4 is 5.32 Å². The van der Waals surface area contributed by atoms with Gasteiger partial charge in [-0.1, -0.05) is 5.16 Å². The van der Waals surface area contributed by atoms with Crippen molar-refractivity contribution in [3.63, 3.8) is 0 Å². The van der Waals surface area contributed by atoms with Gasteiger partial charge in [0.15, 0.2) is 9.46 Å². The lowest BCUT2D eigenvalue weighted by Crippen LogP contribution is -2.24. The molecule has 1 aromatic heterocycles. The minimum atomic E-state index is -0.243. The molecule has 0 fully saturated rings. The Morgan fingerprint density at radius 3 is 3.00 bits per heavy atom. The molecule has 0 aliphatic rings.